The molecule has 2 unspecified atom stereocenters. The Morgan fingerprint density at radius 2 is 2.12 bits per heavy atom. The van der Waals surface area contributed by atoms with Crippen LogP contribution in [0.1, 0.15) is 50.9 Å². The van der Waals surface area contributed by atoms with Crippen LogP contribution in [0.4, 0.5) is 0 Å². The van der Waals surface area contributed by atoms with Crippen molar-refractivity contribution in [2.24, 2.45) is 5.92 Å². The molecule has 1 rings (SSSR count). The van der Waals surface area contributed by atoms with Gasteiger partial charge in [0, 0.05) is 17.9 Å². The molecule has 0 aliphatic rings. The van der Waals surface area contributed by atoms with Crippen LogP contribution in [-0.4, -0.2) is 11.5 Å². The number of rotatable bonds is 6. The second-order valence-electron chi connectivity index (χ2n) is 4.59. The Kier molecular flexibility index (Phi) is 5.47. The first kappa shape index (κ1) is 13.2. The van der Waals surface area contributed by atoms with Gasteiger partial charge in [-0.15, -0.1) is 0 Å². The summed E-state index contributed by atoms with van der Waals surface area (Å²) >= 11 is 0. The zero-order valence-electron chi connectivity index (χ0n) is 11.0. The van der Waals surface area contributed by atoms with Crippen LogP contribution >= 0.6 is 0 Å². The Balaban J connectivity index is 2.76. The summed E-state index contributed by atoms with van der Waals surface area (Å²) in [6, 6.07) is 4.79. The van der Waals surface area contributed by atoms with Crippen molar-refractivity contribution in [1.29, 1.82) is 0 Å². The quantitative estimate of drug-likeness (QED) is 0.794. The van der Waals surface area contributed by atoms with Gasteiger partial charge >= 0.3 is 0 Å². The number of hydrogen-bond donors (Lipinski definition) is 1. The zero-order valence-corrected chi connectivity index (χ0v) is 11.0. The molecule has 16 heavy (non-hydrogen) atoms. The van der Waals surface area contributed by atoms with E-state index in [-0.39, 0.29) is 0 Å². The fourth-order valence-electron chi connectivity index (χ4n) is 1.94. The van der Waals surface area contributed by atoms with Crippen molar-refractivity contribution in [1.82, 2.24) is 10.3 Å². The van der Waals surface area contributed by atoms with Crippen molar-refractivity contribution in [2.45, 2.75) is 46.6 Å². The summed E-state index contributed by atoms with van der Waals surface area (Å²) in [5.74, 6) is 0.762. The predicted octanol–water partition coefficient (Wildman–Crippen LogP) is 3.48. The smallest absolute Gasteiger partial charge is 0.0375 e. The van der Waals surface area contributed by atoms with Crippen LogP contribution in [0.5, 0.6) is 0 Å². The van der Waals surface area contributed by atoms with Crippen molar-refractivity contribution >= 4 is 0 Å². The molecule has 0 saturated heterocycles. The molecule has 0 saturated carbocycles. The topological polar surface area (TPSA) is 24.9 Å². The number of nitrogens with one attached hydrogen (secondary N) is 1. The molecular weight excluding hydrogens is 196 g/mol. The van der Waals surface area contributed by atoms with Crippen molar-refractivity contribution in [2.75, 3.05) is 6.54 Å². The molecular formula is C14H24N2. The molecule has 0 aliphatic heterocycles. The lowest BCUT2D eigenvalue weighted by Gasteiger charge is -2.21. The van der Waals surface area contributed by atoms with Crippen LogP contribution in [0.25, 0.3) is 0 Å². The second-order valence-corrected chi connectivity index (χ2v) is 4.59. The second kappa shape index (κ2) is 6.64. The van der Waals surface area contributed by atoms with E-state index in [1.165, 1.54) is 18.4 Å². The van der Waals surface area contributed by atoms with Crippen molar-refractivity contribution < 1.29 is 0 Å². The van der Waals surface area contributed by atoms with Gasteiger partial charge in [0.15, 0.2) is 0 Å². The average molecular weight is 220 g/mol. The normalized spacial score (nSPS) is 14.8. The van der Waals surface area contributed by atoms with Gasteiger partial charge in [0.1, 0.15) is 0 Å². The highest BCUT2D eigenvalue weighted by molar-refractivity contribution is 5.19. The molecule has 1 heterocycles. The summed E-state index contributed by atoms with van der Waals surface area (Å²) < 4.78 is 0. The minimum atomic E-state index is 0.474. The van der Waals surface area contributed by atoms with Crippen molar-refractivity contribution in [3.63, 3.8) is 0 Å². The summed E-state index contributed by atoms with van der Waals surface area (Å²) in [5, 5.41) is 3.56. The third-order valence-electron chi connectivity index (χ3n) is 3.11. The van der Waals surface area contributed by atoms with Gasteiger partial charge in [0.2, 0.25) is 0 Å². The molecule has 0 aromatic carbocycles. The lowest BCUT2D eigenvalue weighted by atomic mass is 9.94. The van der Waals surface area contributed by atoms with Crippen molar-refractivity contribution in [3.8, 4) is 0 Å². The monoisotopic (exact) mass is 220 g/mol. The Morgan fingerprint density at radius 1 is 1.38 bits per heavy atom. The zero-order chi connectivity index (χ0) is 12.0. The fourth-order valence-corrected chi connectivity index (χ4v) is 1.94. The molecule has 1 aromatic rings. The highest BCUT2D eigenvalue weighted by Crippen LogP contribution is 2.22. The summed E-state index contributed by atoms with van der Waals surface area (Å²) in [5.41, 5.74) is 2.47. The van der Waals surface area contributed by atoms with Crippen molar-refractivity contribution in [3.05, 3.63) is 29.6 Å². The summed E-state index contributed by atoms with van der Waals surface area (Å²) in [6.45, 7) is 9.81. The largest absolute Gasteiger partial charge is 0.310 e. The Labute approximate surface area is 99.5 Å². The number of aromatic nitrogens is 1. The molecule has 2 atom stereocenters. The van der Waals surface area contributed by atoms with Crippen LogP contribution in [-0.2, 0) is 0 Å². The Hall–Kier alpha value is -0.890. The molecule has 0 amide bonds. The predicted molar refractivity (Wildman–Crippen MR) is 69.5 cm³/mol. The molecule has 0 aliphatic carbocycles. The molecule has 2 heteroatoms. The number of aryl methyl sites for hydroxylation is 1. The molecule has 0 spiro atoms. The third kappa shape index (κ3) is 3.93. The molecule has 1 N–H and O–H groups in total. The standard InChI is InChI=1S/C14H24N2/c1-5-11(3)9-14(15-6-2)13-7-8-16-12(4)10-13/h7-8,10-11,14-15H,5-6,9H2,1-4H3. The van der Waals surface area contributed by atoms with E-state index in [4.69, 9.17) is 0 Å². The first-order valence-electron chi connectivity index (χ1n) is 6.33. The summed E-state index contributed by atoms with van der Waals surface area (Å²) in [7, 11) is 0. The van der Waals surface area contributed by atoms with Gasteiger partial charge in [-0.1, -0.05) is 27.2 Å². The third-order valence-corrected chi connectivity index (χ3v) is 3.11. The van der Waals surface area contributed by atoms with E-state index in [2.05, 4.69) is 50.1 Å². The maximum atomic E-state index is 4.25. The SMILES string of the molecule is CCNC(CC(C)CC)c1ccnc(C)c1. The van der Waals surface area contributed by atoms with Gasteiger partial charge < -0.3 is 5.32 Å². The van der Waals surface area contributed by atoms with Crippen LogP contribution in [0.15, 0.2) is 18.3 Å². The molecule has 0 radical (unpaired) electrons. The maximum absolute atomic E-state index is 4.25. The van der Waals surface area contributed by atoms with Crippen LogP contribution in [0, 0.1) is 12.8 Å². The first-order chi connectivity index (χ1) is 7.67. The van der Waals surface area contributed by atoms with E-state index >= 15 is 0 Å². The number of pyridine rings is 1. The minimum absolute atomic E-state index is 0.474. The van der Waals surface area contributed by atoms with Gasteiger partial charge in [-0.2, -0.15) is 0 Å². The van der Waals surface area contributed by atoms with Gasteiger partial charge in [0.05, 0.1) is 0 Å². The minimum Gasteiger partial charge on any atom is -0.310 e. The number of nitrogens with zero attached hydrogens (tertiary/aromatic N) is 1. The van der Waals surface area contributed by atoms with Gasteiger partial charge in [-0.25, -0.2) is 0 Å². The van der Waals surface area contributed by atoms with Crippen LogP contribution in [0.3, 0.4) is 0 Å². The van der Waals surface area contributed by atoms with E-state index in [0.29, 0.717) is 6.04 Å². The Bertz CT molecular complexity index is 309. The van der Waals surface area contributed by atoms with Crippen LogP contribution < -0.4 is 5.32 Å². The lowest BCUT2D eigenvalue weighted by molar-refractivity contribution is 0.408. The molecule has 90 valence electrons. The van der Waals surface area contributed by atoms with E-state index in [9.17, 15) is 0 Å². The van der Waals surface area contributed by atoms with Gasteiger partial charge in [-0.3, -0.25) is 4.98 Å². The summed E-state index contributed by atoms with van der Waals surface area (Å²) in [6.07, 6.45) is 4.35. The van der Waals surface area contributed by atoms with E-state index < -0.39 is 0 Å². The number of hydrogen-bond acceptors (Lipinski definition) is 2. The summed E-state index contributed by atoms with van der Waals surface area (Å²) in [4.78, 5) is 4.25. The highest BCUT2D eigenvalue weighted by atomic mass is 14.9. The molecule has 2 nitrogen and oxygen atoms in total. The van der Waals surface area contributed by atoms with Gasteiger partial charge in [-0.05, 0) is 43.5 Å². The van der Waals surface area contributed by atoms with Crippen LogP contribution in [0.2, 0.25) is 0 Å². The van der Waals surface area contributed by atoms with Gasteiger partial charge in [0.25, 0.3) is 0 Å². The fraction of sp³-hybridized carbons (Fsp3) is 0.643. The van der Waals surface area contributed by atoms with E-state index in [1.807, 2.05) is 6.20 Å². The lowest BCUT2D eigenvalue weighted by Crippen LogP contribution is -2.23. The van der Waals surface area contributed by atoms with E-state index in [1.54, 1.807) is 0 Å². The maximum Gasteiger partial charge on any atom is 0.0375 e. The highest BCUT2D eigenvalue weighted by Gasteiger charge is 2.13. The molecule has 0 fully saturated rings. The average Bonchev–Trinajstić information content (AvgIpc) is 2.28. The first-order valence-corrected chi connectivity index (χ1v) is 6.33. The Morgan fingerprint density at radius 3 is 2.69 bits per heavy atom. The molecule has 1 aromatic heterocycles. The molecule has 0 bridgehead atoms. The van der Waals surface area contributed by atoms with E-state index in [0.717, 1.165) is 18.2 Å².